The first-order valence-corrected chi connectivity index (χ1v) is 5.86. The Morgan fingerprint density at radius 2 is 2.00 bits per heavy atom. The molecular weight excluding hydrogens is 232 g/mol. The predicted octanol–water partition coefficient (Wildman–Crippen LogP) is 2.00. The molecular formula is C13H16N2O3. The molecule has 2 rings (SSSR count). The van der Waals surface area contributed by atoms with Crippen molar-refractivity contribution in [2.24, 2.45) is 5.92 Å². The lowest BCUT2D eigenvalue weighted by Gasteiger charge is -2.12. The van der Waals surface area contributed by atoms with E-state index < -0.39 is 0 Å². The summed E-state index contributed by atoms with van der Waals surface area (Å²) in [6, 6.07) is 5.14. The normalized spacial score (nSPS) is 13.9. The number of amides is 2. The van der Waals surface area contributed by atoms with Crippen molar-refractivity contribution >= 4 is 23.2 Å². The summed E-state index contributed by atoms with van der Waals surface area (Å²) in [5.74, 6) is 0.560. The van der Waals surface area contributed by atoms with Crippen LogP contribution in [-0.2, 0) is 9.59 Å². The quantitative estimate of drug-likeness (QED) is 0.856. The van der Waals surface area contributed by atoms with Gasteiger partial charge in [-0.15, -0.1) is 0 Å². The minimum Gasteiger partial charge on any atom is -0.495 e. The number of carbonyl (C=O) groups is 2. The van der Waals surface area contributed by atoms with Crippen molar-refractivity contribution in [3.05, 3.63) is 18.2 Å². The summed E-state index contributed by atoms with van der Waals surface area (Å²) in [5.41, 5.74) is 1.22. The molecule has 2 amide bonds. The van der Waals surface area contributed by atoms with Crippen LogP contribution < -0.4 is 15.4 Å². The minimum absolute atomic E-state index is 0.00766. The van der Waals surface area contributed by atoms with Gasteiger partial charge in [-0.2, -0.15) is 0 Å². The third-order valence-electron chi connectivity index (χ3n) is 2.73. The molecule has 1 aliphatic rings. The summed E-state index contributed by atoms with van der Waals surface area (Å²) < 4.78 is 5.18. The molecule has 0 spiro atoms. The summed E-state index contributed by atoms with van der Waals surface area (Å²) in [4.78, 5) is 22.7. The van der Waals surface area contributed by atoms with Gasteiger partial charge in [-0.3, -0.25) is 9.59 Å². The molecule has 1 saturated carbocycles. The summed E-state index contributed by atoms with van der Waals surface area (Å²) in [5, 5.41) is 5.49. The van der Waals surface area contributed by atoms with E-state index in [0.29, 0.717) is 17.1 Å². The Labute approximate surface area is 106 Å². The van der Waals surface area contributed by atoms with Crippen LogP contribution in [0.25, 0.3) is 0 Å². The maximum absolute atomic E-state index is 11.7. The molecule has 96 valence electrons. The molecule has 18 heavy (non-hydrogen) atoms. The number of ether oxygens (including phenoxy) is 1. The molecule has 1 aliphatic carbocycles. The van der Waals surface area contributed by atoms with Crippen molar-refractivity contribution in [2.45, 2.75) is 19.8 Å². The molecule has 0 heterocycles. The van der Waals surface area contributed by atoms with Crippen molar-refractivity contribution in [3.63, 3.8) is 0 Å². The maximum Gasteiger partial charge on any atom is 0.227 e. The van der Waals surface area contributed by atoms with Gasteiger partial charge in [0.1, 0.15) is 5.75 Å². The molecule has 0 unspecified atom stereocenters. The minimum atomic E-state index is -0.153. The van der Waals surface area contributed by atoms with Crippen LogP contribution in [-0.4, -0.2) is 18.9 Å². The van der Waals surface area contributed by atoms with Gasteiger partial charge in [-0.1, -0.05) is 0 Å². The Bertz CT molecular complexity index is 481. The third kappa shape index (κ3) is 3.00. The molecule has 0 aliphatic heterocycles. The second-order valence-corrected chi connectivity index (χ2v) is 4.36. The van der Waals surface area contributed by atoms with Gasteiger partial charge in [0.25, 0.3) is 0 Å². The fourth-order valence-electron chi connectivity index (χ4n) is 1.67. The van der Waals surface area contributed by atoms with Crippen LogP contribution in [0, 0.1) is 5.92 Å². The van der Waals surface area contributed by atoms with E-state index in [0.717, 1.165) is 12.8 Å². The van der Waals surface area contributed by atoms with Crippen LogP contribution in [0.1, 0.15) is 19.8 Å². The second-order valence-electron chi connectivity index (χ2n) is 4.36. The lowest BCUT2D eigenvalue weighted by atomic mass is 10.2. The molecule has 5 nitrogen and oxygen atoms in total. The van der Waals surface area contributed by atoms with Gasteiger partial charge in [-0.25, -0.2) is 0 Å². The van der Waals surface area contributed by atoms with Crippen LogP contribution in [0.4, 0.5) is 11.4 Å². The van der Waals surface area contributed by atoms with Crippen LogP contribution in [0.5, 0.6) is 5.75 Å². The monoisotopic (exact) mass is 248 g/mol. The van der Waals surface area contributed by atoms with Crippen LogP contribution in [0.2, 0.25) is 0 Å². The van der Waals surface area contributed by atoms with Crippen molar-refractivity contribution in [1.29, 1.82) is 0 Å². The molecule has 0 saturated heterocycles. The zero-order valence-electron chi connectivity index (χ0n) is 10.4. The van der Waals surface area contributed by atoms with Crippen molar-refractivity contribution < 1.29 is 14.3 Å². The van der Waals surface area contributed by atoms with E-state index in [9.17, 15) is 9.59 Å². The highest BCUT2D eigenvalue weighted by Gasteiger charge is 2.30. The maximum atomic E-state index is 11.7. The summed E-state index contributed by atoms with van der Waals surface area (Å²) in [6.07, 6.45) is 1.89. The second kappa shape index (κ2) is 5.08. The van der Waals surface area contributed by atoms with Gasteiger partial charge in [0.2, 0.25) is 11.8 Å². The summed E-state index contributed by atoms with van der Waals surface area (Å²) in [6.45, 7) is 1.44. The van der Waals surface area contributed by atoms with Gasteiger partial charge in [0, 0.05) is 18.5 Å². The lowest BCUT2D eigenvalue weighted by Crippen LogP contribution is -2.14. The van der Waals surface area contributed by atoms with Crippen LogP contribution >= 0.6 is 0 Å². The first-order valence-electron chi connectivity index (χ1n) is 5.86. The van der Waals surface area contributed by atoms with Gasteiger partial charge in [0.15, 0.2) is 0 Å². The number of anilines is 2. The fraction of sp³-hybridized carbons (Fsp3) is 0.385. The van der Waals surface area contributed by atoms with E-state index >= 15 is 0 Å². The molecule has 0 aromatic heterocycles. The largest absolute Gasteiger partial charge is 0.495 e. The van der Waals surface area contributed by atoms with Gasteiger partial charge < -0.3 is 15.4 Å². The number of hydrogen-bond donors (Lipinski definition) is 2. The smallest absolute Gasteiger partial charge is 0.227 e. The van der Waals surface area contributed by atoms with Gasteiger partial charge in [0.05, 0.1) is 12.8 Å². The highest BCUT2D eigenvalue weighted by atomic mass is 16.5. The molecule has 5 heteroatoms. The summed E-state index contributed by atoms with van der Waals surface area (Å²) >= 11 is 0. The Morgan fingerprint density at radius 1 is 1.28 bits per heavy atom. The SMILES string of the molecule is COc1ccc(NC(C)=O)cc1NC(=O)C1CC1. The van der Waals surface area contributed by atoms with E-state index in [1.54, 1.807) is 25.3 Å². The molecule has 0 radical (unpaired) electrons. The number of benzene rings is 1. The molecule has 1 fully saturated rings. The van der Waals surface area contributed by atoms with Crippen LogP contribution in [0.15, 0.2) is 18.2 Å². The van der Waals surface area contributed by atoms with Crippen molar-refractivity contribution in [3.8, 4) is 5.75 Å². The van der Waals surface area contributed by atoms with E-state index in [1.807, 2.05) is 0 Å². The highest BCUT2D eigenvalue weighted by molar-refractivity contribution is 5.97. The lowest BCUT2D eigenvalue weighted by molar-refractivity contribution is -0.117. The van der Waals surface area contributed by atoms with E-state index in [4.69, 9.17) is 4.74 Å². The summed E-state index contributed by atoms with van der Waals surface area (Å²) in [7, 11) is 1.54. The standard InChI is InChI=1S/C13H16N2O3/c1-8(16)14-10-5-6-12(18-2)11(7-10)15-13(17)9-3-4-9/h5-7,9H,3-4H2,1-2H3,(H,14,16)(H,15,17). The van der Waals surface area contributed by atoms with E-state index in [2.05, 4.69) is 10.6 Å². The van der Waals surface area contributed by atoms with Gasteiger partial charge in [-0.05, 0) is 31.0 Å². The average Bonchev–Trinajstić information content (AvgIpc) is 3.12. The van der Waals surface area contributed by atoms with Crippen LogP contribution in [0.3, 0.4) is 0 Å². The third-order valence-corrected chi connectivity index (χ3v) is 2.73. The molecule has 1 aromatic rings. The topological polar surface area (TPSA) is 67.4 Å². The Kier molecular flexibility index (Phi) is 3.50. The van der Waals surface area contributed by atoms with E-state index in [-0.39, 0.29) is 17.7 Å². The fourth-order valence-corrected chi connectivity index (χ4v) is 1.67. The molecule has 0 atom stereocenters. The Balaban J connectivity index is 2.18. The van der Waals surface area contributed by atoms with Gasteiger partial charge >= 0.3 is 0 Å². The highest BCUT2D eigenvalue weighted by Crippen LogP contribution is 2.33. The van der Waals surface area contributed by atoms with E-state index in [1.165, 1.54) is 6.92 Å². The molecule has 1 aromatic carbocycles. The number of rotatable bonds is 4. The predicted molar refractivity (Wildman–Crippen MR) is 68.7 cm³/mol. The number of methoxy groups -OCH3 is 1. The molecule has 0 bridgehead atoms. The number of nitrogens with one attached hydrogen (secondary N) is 2. The zero-order chi connectivity index (χ0) is 13.1. The first kappa shape index (κ1) is 12.4. The first-order chi connectivity index (χ1) is 8.60. The molecule has 2 N–H and O–H groups in total. The van der Waals surface area contributed by atoms with Crippen molar-refractivity contribution in [2.75, 3.05) is 17.7 Å². The Morgan fingerprint density at radius 3 is 2.56 bits per heavy atom. The zero-order valence-corrected chi connectivity index (χ0v) is 10.4. The van der Waals surface area contributed by atoms with Crippen molar-refractivity contribution in [1.82, 2.24) is 0 Å². The average molecular weight is 248 g/mol. The number of carbonyl (C=O) groups excluding carboxylic acids is 2. The Hall–Kier alpha value is -2.04. The number of hydrogen-bond acceptors (Lipinski definition) is 3.